The first-order chi connectivity index (χ1) is 12.0. The molecule has 0 aliphatic heterocycles. The molecule has 0 unspecified atom stereocenters. The molecule has 1 N–H and O–H groups in total. The summed E-state index contributed by atoms with van der Waals surface area (Å²) >= 11 is 0. The van der Waals surface area contributed by atoms with E-state index >= 15 is 0 Å². The first kappa shape index (κ1) is 16.6. The van der Waals surface area contributed by atoms with Crippen molar-refractivity contribution in [3.63, 3.8) is 0 Å². The number of aryl methyl sites for hydroxylation is 2. The average Bonchev–Trinajstić information content (AvgIpc) is 2.93. The second kappa shape index (κ2) is 7.08. The molecule has 128 valence electrons. The van der Waals surface area contributed by atoms with Gasteiger partial charge in [-0.1, -0.05) is 12.1 Å². The van der Waals surface area contributed by atoms with Crippen LogP contribution in [0.4, 0.5) is 10.2 Å². The number of amides is 1. The molecule has 0 fully saturated rings. The number of carbonyl (C=O) groups is 1. The van der Waals surface area contributed by atoms with Crippen molar-refractivity contribution < 1.29 is 13.9 Å². The summed E-state index contributed by atoms with van der Waals surface area (Å²) in [5.41, 5.74) is 1.77. The molecule has 2 aromatic heterocycles. The predicted octanol–water partition coefficient (Wildman–Crippen LogP) is 2.44. The highest BCUT2D eigenvalue weighted by atomic mass is 19.1. The van der Waals surface area contributed by atoms with Crippen molar-refractivity contribution in [3.8, 4) is 11.6 Å². The normalized spacial score (nSPS) is 10.5. The van der Waals surface area contributed by atoms with E-state index in [1.54, 1.807) is 22.9 Å². The van der Waals surface area contributed by atoms with Crippen LogP contribution in [0.2, 0.25) is 0 Å². The molecule has 0 atom stereocenters. The lowest BCUT2D eigenvalue weighted by molar-refractivity contribution is -0.118. The van der Waals surface area contributed by atoms with E-state index < -0.39 is 11.7 Å². The number of anilines is 1. The van der Waals surface area contributed by atoms with Gasteiger partial charge < -0.3 is 10.1 Å². The van der Waals surface area contributed by atoms with Gasteiger partial charge in [0.1, 0.15) is 12.1 Å². The summed E-state index contributed by atoms with van der Waals surface area (Å²) in [5.74, 6) is -0.125. The molecule has 3 aromatic rings. The van der Waals surface area contributed by atoms with Crippen LogP contribution < -0.4 is 10.1 Å². The Morgan fingerprint density at radius 2 is 2.04 bits per heavy atom. The quantitative estimate of drug-likeness (QED) is 0.771. The van der Waals surface area contributed by atoms with Crippen molar-refractivity contribution in [2.24, 2.45) is 0 Å². The Morgan fingerprint density at radius 1 is 1.24 bits per heavy atom. The van der Waals surface area contributed by atoms with Crippen molar-refractivity contribution in [1.29, 1.82) is 0 Å². The van der Waals surface area contributed by atoms with Crippen molar-refractivity contribution in [2.45, 2.75) is 13.8 Å². The molecule has 0 spiro atoms. The highest BCUT2D eigenvalue weighted by Crippen LogP contribution is 2.15. The molecule has 0 bridgehead atoms. The molecule has 8 heteroatoms. The number of halogens is 1. The topological polar surface area (TPSA) is 81.9 Å². The Kier molecular flexibility index (Phi) is 4.69. The highest BCUT2D eigenvalue weighted by Gasteiger charge is 2.10. The minimum absolute atomic E-state index is 0.0173. The van der Waals surface area contributed by atoms with Crippen LogP contribution in [0.15, 0.2) is 42.7 Å². The number of nitrogens with zero attached hydrogens (tertiary/aromatic N) is 4. The maximum atomic E-state index is 13.5. The molecule has 7 nitrogen and oxygen atoms in total. The van der Waals surface area contributed by atoms with Crippen LogP contribution >= 0.6 is 0 Å². The Labute approximate surface area is 143 Å². The van der Waals surface area contributed by atoms with Crippen LogP contribution in [-0.2, 0) is 4.79 Å². The molecule has 0 saturated heterocycles. The summed E-state index contributed by atoms with van der Waals surface area (Å²) in [6, 6.07) is 9.40. The fourth-order valence-corrected chi connectivity index (χ4v) is 2.28. The Morgan fingerprint density at radius 3 is 2.76 bits per heavy atom. The summed E-state index contributed by atoms with van der Waals surface area (Å²) in [5, 5.41) is 6.92. The van der Waals surface area contributed by atoms with Crippen LogP contribution in [0.3, 0.4) is 0 Å². The minimum Gasteiger partial charge on any atom is -0.481 e. The number of carbonyl (C=O) groups excluding carboxylic acids is 1. The van der Waals surface area contributed by atoms with Crippen molar-refractivity contribution >= 4 is 11.7 Å². The summed E-state index contributed by atoms with van der Waals surface area (Å²) in [6.45, 7) is 3.45. The second-order valence-corrected chi connectivity index (χ2v) is 5.37. The maximum absolute atomic E-state index is 13.5. The molecule has 0 radical (unpaired) electrons. The van der Waals surface area contributed by atoms with Gasteiger partial charge in [-0.05, 0) is 32.0 Å². The molecular weight excluding hydrogens is 325 g/mol. The van der Waals surface area contributed by atoms with Gasteiger partial charge in [0, 0.05) is 11.8 Å². The lowest BCUT2D eigenvalue weighted by Crippen LogP contribution is -2.21. The molecule has 1 amide bonds. The van der Waals surface area contributed by atoms with E-state index in [9.17, 15) is 9.18 Å². The third kappa shape index (κ3) is 3.97. The van der Waals surface area contributed by atoms with Gasteiger partial charge in [0.15, 0.2) is 24.0 Å². The molecular formula is C17H16FN5O2. The number of rotatable bonds is 5. The monoisotopic (exact) mass is 341 g/mol. The van der Waals surface area contributed by atoms with Crippen molar-refractivity contribution in [1.82, 2.24) is 19.7 Å². The summed E-state index contributed by atoms with van der Waals surface area (Å²) in [6.07, 6.45) is 1.33. The molecule has 0 aliphatic rings. The van der Waals surface area contributed by atoms with Gasteiger partial charge in [-0.2, -0.15) is 5.10 Å². The van der Waals surface area contributed by atoms with E-state index in [0.29, 0.717) is 11.6 Å². The Hall–Kier alpha value is -3.29. The number of para-hydroxylation sites is 1. The van der Waals surface area contributed by atoms with Gasteiger partial charge in [-0.25, -0.2) is 19.0 Å². The molecule has 0 saturated carbocycles. The predicted molar refractivity (Wildman–Crippen MR) is 89.2 cm³/mol. The first-order valence-corrected chi connectivity index (χ1v) is 7.56. The average molecular weight is 341 g/mol. The number of nitrogens with one attached hydrogen (secondary N) is 1. The van der Waals surface area contributed by atoms with Crippen LogP contribution in [0.1, 0.15) is 11.4 Å². The summed E-state index contributed by atoms with van der Waals surface area (Å²) in [7, 11) is 0. The van der Waals surface area contributed by atoms with Crippen molar-refractivity contribution in [3.05, 3.63) is 59.9 Å². The highest BCUT2D eigenvalue weighted by molar-refractivity contribution is 5.91. The maximum Gasteiger partial charge on any atom is 0.263 e. The first-order valence-electron chi connectivity index (χ1n) is 7.56. The van der Waals surface area contributed by atoms with E-state index in [2.05, 4.69) is 20.4 Å². The fraction of sp³-hybridized carbons (Fsp3) is 0.176. The standard InChI is InChI=1S/C17H16FN5O2/c1-11-7-12(2)23(22-11)16-8-15(19-10-20-16)21-17(24)9-25-14-6-4-3-5-13(14)18/h3-8,10H,9H2,1-2H3,(H,19,20,21,24). The molecule has 3 rings (SSSR count). The number of hydrogen-bond acceptors (Lipinski definition) is 5. The molecule has 1 aromatic carbocycles. The number of benzene rings is 1. The summed E-state index contributed by atoms with van der Waals surface area (Å²) < 4.78 is 20.3. The zero-order valence-electron chi connectivity index (χ0n) is 13.7. The van der Waals surface area contributed by atoms with Crippen LogP contribution in [0, 0.1) is 19.7 Å². The molecule has 0 aliphatic carbocycles. The number of aromatic nitrogens is 4. The third-order valence-electron chi connectivity index (χ3n) is 3.34. The van der Waals surface area contributed by atoms with E-state index in [1.807, 2.05) is 19.9 Å². The minimum atomic E-state index is -0.524. The van der Waals surface area contributed by atoms with Gasteiger partial charge in [0.05, 0.1) is 5.69 Å². The third-order valence-corrected chi connectivity index (χ3v) is 3.34. The van der Waals surface area contributed by atoms with E-state index in [4.69, 9.17) is 4.74 Å². The lowest BCUT2D eigenvalue weighted by atomic mass is 10.3. The van der Waals surface area contributed by atoms with E-state index in [0.717, 1.165) is 11.4 Å². The van der Waals surface area contributed by atoms with Crippen molar-refractivity contribution in [2.75, 3.05) is 11.9 Å². The van der Waals surface area contributed by atoms with Crippen LogP contribution in [0.5, 0.6) is 5.75 Å². The molecule has 25 heavy (non-hydrogen) atoms. The number of ether oxygens (including phenoxy) is 1. The Balaban J connectivity index is 1.67. The van der Waals surface area contributed by atoms with Crippen LogP contribution in [-0.4, -0.2) is 32.3 Å². The van der Waals surface area contributed by atoms with Gasteiger partial charge >= 0.3 is 0 Å². The van der Waals surface area contributed by atoms with Gasteiger partial charge in [-0.15, -0.1) is 0 Å². The zero-order valence-corrected chi connectivity index (χ0v) is 13.7. The van der Waals surface area contributed by atoms with E-state index in [-0.39, 0.29) is 12.4 Å². The van der Waals surface area contributed by atoms with Crippen LogP contribution in [0.25, 0.3) is 5.82 Å². The number of hydrogen-bond donors (Lipinski definition) is 1. The lowest BCUT2D eigenvalue weighted by Gasteiger charge is -2.09. The fourth-order valence-electron chi connectivity index (χ4n) is 2.28. The van der Waals surface area contributed by atoms with E-state index in [1.165, 1.54) is 18.5 Å². The second-order valence-electron chi connectivity index (χ2n) is 5.37. The Bertz CT molecular complexity index is 910. The van der Waals surface area contributed by atoms with Gasteiger partial charge in [-0.3, -0.25) is 4.79 Å². The summed E-state index contributed by atoms with van der Waals surface area (Å²) in [4.78, 5) is 20.1. The SMILES string of the molecule is Cc1cc(C)n(-c2cc(NC(=O)COc3ccccc3F)ncn2)n1. The van der Waals surface area contributed by atoms with Gasteiger partial charge in [0.2, 0.25) is 0 Å². The zero-order chi connectivity index (χ0) is 17.8. The largest absolute Gasteiger partial charge is 0.481 e. The molecule has 2 heterocycles. The smallest absolute Gasteiger partial charge is 0.263 e. The van der Waals surface area contributed by atoms with Gasteiger partial charge in [0.25, 0.3) is 5.91 Å².